The molecule has 0 radical (unpaired) electrons. The van der Waals surface area contributed by atoms with Crippen LogP contribution in [0.1, 0.15) is 17.2 Å². The lowest BCUT2D eigenvalue weighted by Crippen LogP contribution is -2.20. The largest absolute Gasteiger partial charge is 0.496 e. The fraction of sp³-hybridized carbons (Fsp3) is 0.200. The lowest BCUT2D eigenvalue weighted by molar-refractivity contribution is 0.403. The highest BCUT2D eigenvalue weighted by molar-refractivity contribution is 9.10. The Morgan fingerprint density at radius 2 is 1.90 bits per heavy atom. The molecule has 0 saturated carbocycles. The molecular formula is C15H14BrF2NO. The molecule has 1 unspecified atom stereocenters. The van der Waals surface area contributed by atoms with Gasteiger partial charge in [-0.2, -0.15) is 0 Å². The zero-order valence-electron chi connectivity index (χ0n) is 11.1. The van der Waals surface area contributed by atoms with E-state index in [0.29, 0.717) is 5.75 Å². The second-order valence-electron chi connectivity index (χ2n) is 4.25. The molecule has 106 valence electrons. The minimum Gasteiger partial charge on any atom is -0.496 e. The quantitative estimate of drug-likeness (QED) is 0.905. The van der Waals surface area contributed by atoms with Gasteiger partial charge in [0.25, 0.3) is 0 Å². The van der Waals surface area contributed by atoms with Crippen molar-refractivity contribution in [2.75, 3.05) is 14.2 Å². The van der Waals surface area contributed by atoms with Crippen LogP contribution in [0.2, 0.25) is 0 Å². The Morgan fingerprint density at radius 1 is 1.15 bits per heavy atom. The number of hydrogen-bond donors (Lipinski definition) is 1. The molecule has 5 heteroatoms. The summed E-state index contributed by atoms with van der Waals surface area (Å²) in [5.41, 5.74) is 0.982. The number of nitrogens with one attached hydrogen (secondary N) is 1. The summed E-state index contributed by atoms with van der Waals surface area (Å²) >= 11 is 3.36. The molecule has 0 aliphatic carbocycles. The SMILES string of the molecule is CNC(c1ccc(Br)cc1OC)c1cccc(F)c1F. The zero-order chi connectivity index (χ0) is 14.7. The van der Waals surface area contributed by atoms with E-state index in [9.17, 15) is 8.78 Å². The number of benzene rings is 2. The summed E-state index contributed by atoms with van der Waals surface area (Å²) in [4.78, 5) is 0. The van der Waals surface area contributed by atoms with Crippen LogP contribution in [0.4, 0.5) is 8.78 Å². The summed E-state index contributed by atoms with van der Waals surface area (Å²) < 4.78 is 33.5. The van der Waals surface area contributed by atoms with E-state index in [1.165, 1.54) is 6.07 Å². The van der Waals surface area contributed by atoms with Gasteiger partial charge in [0.1, 0.15) is 5.75 Å². The van der Waals surface area contributed by atoms with Crippen LogP contribution in [0.15, 0.2) is 40.9 Å². The molecule has 0 saturated heterocycles. The van der Waals surface area contributed by atoms with Crippen LogP contribution in [0.5, 0.6) is 5.75 Å². The Hall–Kier alpha value is -1.46. The Morgan fingerprint density at radius 3 is 2.55 bits per heavy atom. The lowest BCUT2D eigenvalue weighted by atomic mass is 9.97. The predicted octanol–water partition coefficient (Wildman–Crippen LogP) is 4.04. The van der Waals surface area contributed by atoms with Gasteiger partial charge in [-0.1, -0.05) is 34.1 Å². The molecule has 1 atom stereocenters. The van der Waals surface area contributed by atoms with Crippen molar-refractivity contribution in [1.29, 1.82) is 0 Å². The first-order chi connectivity index (χ1) is 9.58. The summed E-state index contributed by atoms with van der Waals surface area (Å²) in [6.07, 6.45) is 0. The van der Waals surface area contributed by atoms with Crippen LogP contribution in [0, 0.1) is 11.6 Å². The second-order valence-corrected chi connectivity index (χ2v) is 5.17. The van der Waals surface area contributed by atoms with Crippen molar-refractivity contribution in [1.82, 2.24) is 5.32 Å². The van der Waals surface area contributed by atoms with Gasteiger partial charge in [0.2, 0.25) is 0 Å². The Bertz CT molecular complexity index is 619. The van der Waals surface area contributed by atoms with Gasteiger partial charge < -0.3 is 10.1 Å². The molecule has 0 fully saturated rings. The minimum absolute atomic E-state index is 0.244. The van der Waals surface area contributed by atoms with E-state index in [-0.39, 0.29) is 5.56 Å². The Kier molecular flexibility index (Phi) is 4.73. The standard InChI is InChI=1S/C15H14BrF2NO/c1-19-15(11-4-3-5-12(17)14(11)18)10-7-6-9(16)8-13(10)20-2/h3-8,15,19H,1-2H3. The third-order valence-electron chi connectivity index (χ3n) is 3.09. The average Bonchev–Trinajstić information content (AvgIpc) is 2.45. The third-order valence-corrected chi connectivity index (χ3v) is 3.58. The molecule has 0 amide bonds. The Balaban J connectivity index is 2.55. The maximum Gasteiger partial charge on any atom is 0.163 e. The summed E-state index contributed by atoms with van der Waals surface area (Å²) in [5, 5.41) is 2.99. The van der Waals surface area contributed by atoms with E-state index >= 15 is 0 Å². The van der Waals surface area contributed by atoms with E-state index in [4.69, 9.17) is 4.74 Å². The number of methoxy groups -OCH3 is 1. The van der Waals surface area contributed by atoms with Crippen molar-refractivity contribution in [2.45, 2.75) is 6.04 Å². The first kappa shape index (κ1) is 14.9. The molecular weight excluding hydrogens is 328 g/mol. The molecule has 2 aromatic carbocycles. The third kappa shape index (κ3) is 2.83. The number of hydrogen-bond acceptors (Lipinski definition) is 2. The summed E-state index contributed by atoms with van der Waals surface area (Å²) in [6.45, 7) is 0. The molecule has 1 N–H and O–H groups in total. The van der Waals surface area contributed by atoms with Crippen molar-refractivity contribution < 1.29 is 13.5 Å². The van der Waals surface area contributed by atoms with E-state index in [2.05, 4.69) is 21.2 Å². The molecule has 0 bridgehead atoms. The van der Waals surface area contributed by atoms with E-state index in [1.54, 1.807) is 26.3 Å². The van der Waals surface area contributed by atoms with Crippen molar-refractivity contribution in [2.24, 2.45) is 0 Å². The highest BCUT2D eigenvalue weighted by Gasteiger charge is 2.21. The number of rotatable bonds is 4. The van der Waals surface area contributed by atoms with Gasteiger partial charge in [-0.3, -0.25) is 0 Å². The highest BCUT2D eigenvalue weighted by atomic mass is 79.9. The Labute approximate surface area is 124 Å². The van der Waals surface area contributed by atoms with Crippen molar-refractivity contribution >= 4 is 15.9 Å². The molecule has 0 spiro atoms. The first-order valence-electron chi connectivity index (χ1n) is 6.03. The molecule has 2 nitrogen and oxygen atoms in total. The fourth-order valence-electron chi connectivity index (χ4n) is 2.15. The van der Waals surface area contributed by atoms with Crippen LogP contribution in [-0.2, 0) is 0 Å². The van der Waals surface area contributed by atoms with E-state index in [1.807, 2.05) is 12.1 Å². The molecule has 0 aromatic heterocycles. The highest BCUT2D eigenvalue weighted by Crippen LogP contribution is 2.33. The fourth-order valence-corrected chi connectivity index (χ4v) is 2.49. The van der Waals surface area contributed by atoms with E-state index in [0.717, 1.165) is 16.1 Å². The normalized spacial score (nSPS) is 12.2. The van der Waals surface area contributed by atoms with E-state index < -0.39 is 17.7 Å². The van der Waals surface area contributed by atoms with Gasteiger partial charge in [-0.25, -0.2) is 8.78 Å². The van der Waals surface area contributed by atoms with Gasteiger partial charge in [-0.15, -0.1) is 0 Å². The van der Waals surface area contributed by atoms with Crippen LogP contribution in [0.3, 0.4) is 0 Å². The monoisotopic (exact) mass is 341 g/mol. The molecule has 0 aliphatic heterocycles. The van der Waals surface area contributed by atoms with Crippen molar-refractivity contribution in [3.8, 4) is 5.75 Å². The van der Waals surface area contributed by atoms with Crippen LogP contribution < -0.4 is 10.1 Å². The predicted molar refractivity (Wildman–Crippen MR) is 78.0 cm³/mol. The van der Waals surface area contributed by atoms with Crippen LogP contribution >= 0.6 is 15.9 Å². The van der Waals surface area contributed by atoms with Crippen LogP contribution in [0.25, 0.3) is 0 Å². The summed E-state index contributed by atoms with van der Waals surface area (Å²) in [5.74, 6) is -1.11. The summed E-state index contributed by atoms with van der Waals surface area (Å²) in [7, 11) is 3.23. The zero-order valence-corrected chi connectivity index (χ0v) is 12.7. The second kappa shape index (κ2) is 6.33. The van der Waals surface area contributed by atoms with Gasteiger partial charge >= 0.3 is 0 Å². The van der Waals surface area contributed by atoms with Gasteiger partial charge in [0.05, 0.1) is 13.2 Å². The van der Waals surface area contributed by atoms with Gasteiger partial charge in [-0.05, 0) is 25.2 Å². The molecule has 2 aromatic rings. The lowest BCUT2D eigenvalue weighted by Gasteiger charge is -2.20. The minimum atomic E-state index is -0.862. The number of ether oxygens (including phenoxy) is 1. The maximum absolute atomic E-state index is 14.0. The molecule has 2 rings (SSSR count). The van der Waals surface area contributed by atoms with Crippen LogP contribution in [-0.4, -0.2) is 14.2 Å². The maximum atomic E-state index is 14.0. The smallest absolute Gasteiger partial charge is 0.163 e. The molecule has 0 aliphatic rings. The topological polar surface area (TPSA) is 21.3 Å². The average molecular weight is 342 g/mol. The van der Waals surface area contributed by atoms with Crippen molar-refractivity contribution in [3.63, 3.8) is 0 Å². The van der Waals surface area contributed by atoms with Crippen molar-refractivity contribution in [3.05, 3.63) is 63.6 Å². The van der Waals surface area contributed by atoms with Gasteiger partial charge in [0.15, 0.2) is 11.6 Å². The first-order valence-corrected chi connectivity index (χ1v) is 6.82. The molecule has 20 heavy (non-hydrogen) atoms. The summed E-state index contributed by atoms with van der Waals surface area (Å²) in [6, 6.07) is 9.09. The molecule has 0 heterocycles. The van der Waals surface area contributed by atoms with Gasteiger partial charge in [0, 0.05) is 15.6 Å². The number of halogens is 3.